The zero-order valence-corrected chi connectivity index (χ0v) is 11.3. The minimum atomic E-state index is -3.17. The highest BCUT2D eigenvalue weighted by Crippen LogP contribution is 2.10. The molecule has 0 heterocycles. The molecule has 0 unspecified atom stereocenters. The summed E-state index contributed by atoms with van der Waals surface area (Å²) in [4.78, 5) is 0.261. The molecule has 1 rings (SSSR count). The molecule has 0 saturated carbocycles. The summed E-state index contributed by atoms with van der Waals surface area (Å²) in [5.74, 6) is 0. The van der Waals surface area contributed by atoms with E-state index in [-0.39, 0.29) is 4.90 Å². The molecule has 0 aliphatic heterocycles. The maximum absolute atomic E-state index is 11.2. The van der Waals surface area contributed by atoms with Crippen molar-refractivity contribution in [2.45, 2.75) is 11.3 Å². The average Bonchev–Trinajstić information content (AvgIpc) is 2.15. The van der Waals surface area contributed by atoms with Crippen LogP contribution in [0.15, 0.2) is 29.2 Å². The molecule has 0 fully saturated rings. The summed E-state index contributed by atoms with van der Waals surface area (Å²) in [6.45, 7) is 0.303. The SMILES string of the molecule is CS(=O)(=O)NCCc1ccc(S(C)(=O)=O)cc1. The molecular formula is C10H15NO4S2. The third kappa shape index (κ3) is 5.29. The van der Waals surface area contributed by atoms with Crippen molar-refractivity contribution in [1.82, 2.24) is 4.72 Å². The highest BCUT2D eigenvalue weighted by molar-refractivity contribution is 7.90. The fourth-order valence-electron chi connectivity index (χ4n) is 1.28. The fraction of sp³-hybridized carbons (Fsp3) is 0.400. The number of sulfonamides is 1. The van der Waals surface area contributed by atoms with Crippen LogP contribution in [0.25, 0.3) is 0 Å². The van der Waals surface area contributed by atoms with E-state index in [1.807, 2.05) is 0 Å². The lowest BCUT2D eigenvalue weighted by Gasteiger charge is -2.04. The van der Waals surface area contributed by atoms with Crippen LogP contribution in [0, 0.1) is 0 Å². The summed E-state index contributed by atoms with van der Waals surface area (Å²) in [6.07, 6.45) is 2.77. The van der Waals surface area contributed by atoms with E-state index in [4.69, 9.17) is 0 Å². The van der Waals surface area contributed by atoms with Gasteiger partial charge in [-0.25, -0.2) is 21.6 Å². The number of rotatable bonds is 5. The van der Waals surface area contributed by atoms with Crippen molar-refractivity contribution >= 4 is 19.9 Å². The first-order valence-corrected chi connectivity index (χ1v) is 8.70. The Morgan fingerprint density at radius 1 is 1.00 bits per heavy atom. The molecule has 0 saturated heterocycles. The van der Waals surface area contributed by atoms with Crippen LogP contribution in [-0.4, -0.2) is 35.9 Å². The quantitative estimate of drug-likeness (QED) is 0.832. The van der Waals surface area contributed by atoms with Gasteiger partial charge in [-0.1, -0.05) is 12.1 Å². The number of nitrogens with one attached hydrogen (secondary N) is 1. The predicted molar refractivity (Wildman–Crippen MR) is 66.1 cm³/mol. The number of hydrogen-bond donors (Lipinski definition) is 1. The summed E-state index contributed by atoms with van der Waals surface area (Å²) in [5.41, 5.74) is 0.883. The molecule has 1 N–H and O–H groups in total. The van der Waals surface area contributed by atoms with Crippen LogP contribution in [0.5, 0.6) is 0 Å². The van der Waals surface area contributed by atoms with Crippen molar-refractivity contribution < 1.29 is 16.8 Å². The van der Waals surface area contributed by atoms with Crippen LogP contribution >= 0.6 is 0 Å². The molecule has 1 aromatic rings. The highest BCUT2D eigenvalue weighted by atomic mass is 32.2. The van der Waals surface area contributed by atoms with Crippen molar-refractivity contribution in [3.8, 4) is 0 Å². The average molecular weight is 277 g/mol. The Morgan fingerprint density at radius 3 is 1.94 bits per heavy atom. The standard InChI is InChI=1S/C10H15NO4S2/c1-16(12,13)10-5-3-9(4-6-10)7-8-11-17(2,14)15/h3-6,11H,7-8H2,1-2H3. The van der Waals surface area contributed by atoms with Gasteiger partial charge in [-0.15, -0.1) is 0 Å². The van der Waals surface area contributed by atoms with Crippen LogP contribution in [0.3, 0.4) is 0 Å². The lowest BCUT2D eigenvalue weighted by Crippen LogP contribution is -2.24. The van der Waals surface area contributed by atoms with Gasteiger partial charge in [0, 0.05) is 12.8 Å². The molecule has 17 heavy (non-hydrogen) atoms. The summed E-state index contributed by atoms with van der Waals surface area (Å²) >= 11 is 0. The van der Waals surface area contributed by atoms with Gasteiger partial charge in [-0.05, 0) is 24.1 Å². The molecule has 0 amide bonds. The Labute approximate surface area is 102 Å². The van der Waals surface area contributed by atoms with Crippen LogP contribution < -0.4 is 4.72 Å². The Bertz CT molecular complexity index is 573. The molecule has 7 heteroatoms. The van der Waals surface area contributed by atoms with Gasteiger partial charge in [-0.3, -0.25) is 0 Å². The van der Waals surface area contributed by atoms with E-state index in [0.717, 1.165) is 18.1 Å². The summed E-state index contributed by atoms with van der Waals surface area (Å²) < 4.78 is 46.4. The molecule has 0 bridgehead atoms. The molecule has 96 valence electrons. The predicted octanol–water partition coefficient (Wildman–Crippen LogP) is 0.182. The second-order valence-corrected chi connectivity index (χ2v) is 7.68. The molecule has 1 aromatic carbocycles. The third-order valence-electron chi connectivity index (χ3n) is 2.13. The molecule has 0 spiro atoms. The van der Waals surface area contributed by atoms with Gasteiger partial charge in [0.25, 0.3) is 0 Å². The maximum Gasteiger partial charge on any atom is 0.208 e. The third-order valence-corrected chi connectivity index (χ3v) is 3.99. The van der Waals surface area contributed by atoms with E-state index >= 15 is 0 Å². The molecule has 0 aliphatic carbocycles. The van der Waals surface area contributed by atoms with Crippen molar-refractivity contribution in [2.75, 3.05) is 19.1 Å². The second-order valence-electron chi connectivity index (χ2n) is 3.83. The molecule has 0 aromatic heterocycles. The van der Waals surface area contributed by atoms with Gasteiger partial charge in [0.1, 0.15) is 0 Å². The zero-order valence-electron chi connectivity index (χ0n) is 9.67. The first-order chi connectivity index (χ1) is 7.68. The van der Waals surface area contributed by atoms with Crippen molar-refractivity contribution in [2.24, 2.45) is 0 Å². The van der Waals surface area contributed by atoms with Crippen LogP contribution in [0.4, 0.5) is 0 Å². The largest absolute Gasteiger partial charge is 0.224 e. The second kappa shape index (κ2) is 5.16. The Kier molecular flexibility index (Phi) is 4.29. The minimum Gasteiger partial charge on any atom is -0.224 e. The zero-order chi connectivity index (χ0) is 13.1. The first kappa shape index (κ1) is 14.1. The smallest absolute Gasteiger partial charge is 0.208 e. The van der Waals surface area contributed by atoms with E-state index in [0.29, 0.717) is 13.0 Å². The summed E-state index contributed by atoms with van der Waals surface area (Å²) in [6, 6.07) is 6.40. The van der Waals surface area contributed by atoms with E-state index in [9.17, 15) is 16.8 Å². The van der Waals surface area contributed by atoms with Gasteiger partial charge in [0.15, 0.2) is 9.84 Å². The number of benzene rings is 1. The van der Waals surface area contributed by atoms with Crippen LogP contribution in [0.1, 0.15) is 5.56 Å². The summed E-state index contributed by atoms with van der Waals surface area (Å²) in [7, 11) is -6.35. The molecule has 0 aliphatic rings. The Hall–Kier alpha value is -0.920. The Morgan fingerprint density at radius 2 is 1.53 bits per heavy atom. The Balaban J connectivity index is 2.64. The van der Waals surface area contributed by atoms with Gasteiger partial charge in [-0.2, -0.15) is 0 Å². The van der Waals surface area contributed by atoms with E-state index in [2.05, 4.69) is 4.72 Å². The lowest BCUT2D eigenvalue weighted by atomic mass is 10.2. The first-order valence-electron chi connectivity index (χ1n) is 4.92. The van der Waals surface area contributed by atoms with Gasteiger partial charge in [0.05, 0.1) is 11.2 Å². The summed E-state index contributed by atoms with van der Waals surface area (Å²) in [5, 5.41) is 0. The van der Waals surface area contributed by atoms with Gasteiger partial charge < -0.3 is 0 Å². The monoisotopic (exact) mass is 277 g/mol. The number of sulfone groups is 1. The van der Waals surface area contributed by atoms with Crippen molar-refractivity contribution in [1.29, 1.82) is 0 Å². The van der Waals surface area contributed by atoms with Crippen molar-refractivity contribution in [3.05, 3.63) is 29.8 Å². The maximum atomic E-state index is 11.2. The normalized spacial score (nSPS) is 12.6. The molecular weight excluding hydrogens is 262 g/mol. The highest BCUT2D eigenvalue weighted by Gasteiger charge is 2.06. The molecule has 0 atom stereocenters. The van der Waals surface area contributed by atoms with E-state index in [1.54, 1.807) is 12.1 Å². The van der Waals surface area contributed by atoms with Crippen LogP contribution in [-0.2, 0) is 26.3 Å². The lowest BCUT2D eigenvalue weighted by molar-refractivity contribution is 0.588. The van der Waals surface area contributed by atoms with Gasteiger partial charge in [0.2, 0.25) is 10.0 Å². The van der Waals surface area contributed by atoms with E-state index < -0.39 is 19.9 Å². The molecule has 5 nitrogen and oxygen atoms in total. The molecule has 0 radical (unpaired) electrons. The minimum absolute atomic E-state index is 0.261. The van der Waals surface area contributed by atoms with Crippen LogP contribution in [0.2, 0.25) is 0 Å². The van der Waals surface area contributed by atoms with E-state index in [1.165, 1.54) is 12.1 Å². The number of hydrogen-bond acceptors (Lipinski definition) is 4. The topological polar surface area (TPSA) is 80.3 Å². The van der Waals surface area contributed by atoms with Gasteiger partial charge >= 0.3 is 0 Å². The fourth-order valence-corrected chi connectivity index (χ4v) is 2.39. The van der Waals surface area contributed by atoms with Crippen molar-refractivity contribution in [3.63, 3.8) is 0 Å².